The Hall–Kier alpha value is -1.49. The Labute approximate surface area is 149 Å². The van der Waals surface area contributed by atoms with Crippen molar-refractivity contribution in [2.45, 2.75) is 24.3 Å². The number of aromatic nitrogens is 3. The van der Waals surface area contributed by atoms with Crippen LogP contribution in [-0.4, -0.2) is 15.2 Å². The van der Waals surface area contributed by atoms with Crippen LogP contribution in [0.15, 0.2) is 47.6 Å². The molecule has 0 atom stereocenters. The van der Waals surface area contributed by atoms with Gasteiger partial charge in [-0.1, -0.05) is 70.9 Å². The second-order valence-electron chi connectivity index (χ2n) is 5.25. The molecule has 3 nitrogen and oxygen atoms in total. The van der Waals surface area contributed by atoms with Gasteiger partial charge in [0.1, 0.15) is 5.82 Å². The van der Waals surface area contributed by atoms with Crippen molar-refractivity contribution in [3.05, 3.63) is 75.0 Å². The predicted molar refractivity (Wildman–Crippen MR) is 96.4 cm³/mol. The third-order valence-corrected chi connectivity index (χ3v) is 4.86. The summed E-state index contributed by atoms with van der Waals surface area (Å²) in [4.78, 5) is 4.52. The number of nitrogens with zero attached hydrogens (tertiary/aromatic N) is 2. The van der Waals surface area contributed by atoms with E-state index in [1.807, 2.05) is 12.1 Å². The lowest BCUT2D eigenvalue weighted by Crippen LogP contribution is -1.90. The van der Waals surface area contributed by atoms with Crippen LogP contribution < -0.4 is 0 Å². The van der Waals surface area contributed by atoms with Crippen LogP contribution in [-0.2, 0) is 12.2 Å². The van der Waals surface area contributed by atoms with E-state index in [0.29, 0.717) is 15.8 Å². The molecule has 0 fully saturated rings. The van der Waals surface area contributed by atoms with Gasteiger partial charge in [0.25, 0.3) is 0 Å². The molecule has 0 aliphatic carbocycles. The first kappa shape index (κ1) is 16.4. The van der Waals surface area contributed by atoms with Gasteiger partial charge >= 0.3 is 0 Å². The summed E-state index contributed by atoms with van der Waals surface area (Å²) in [6.07, 6.45) is 0.746. The van der Waals surface area contributed by atoms with Gasteiger partial charge < -0.3 is 0 Å². The minimum atomic E-state index is 0.641. The molecule has 0 spiro atoms. The Bertz CT molecular complexity index is 800. The van der Waals surface area contributed by atoms with Gasteiger partial charge in [0.2, 0.25) is 5.16 Å². The molecule has 118 valence electrons. The average molecular weight is 364 g/mol. The van der Waals surface area contributed by atoms with Gasteiger partial charge in [-0.15, -0.1) is 5.10 Å². The van der Waals surface area contributed by atoms with Crippen molar-refractivity contribution in [1.82, 2.24) is 15.2 Å². The molecular formula is C17H15Cl2N3S. The fourth-order valence-electron chi connectivity index (χ4n) is 2.10. The molecule has 1 N–H and O–H groups in total. The van der Waals surface area contributed by atoms with Gasteiger partial charge in [-0.2, -0.15) is 0 Å². The Morgan fingerprint density at radius 1 is 1.09 bits per heavy atom. The Kier molecular flexibility index (Phi) is 5.26. The smallest absolute Gasteiger partial charge is 0.208 e. The summed E-state index contributed by atoms with van der Waals surface area (Å²) in [5.41, 5.74) is 3.48. The Balaban J connectivity index is 1.62. The van der Waals surface area contributed by atoms with Crippen LogP contribution in [0.5, 0.6) is 0 Å². The number of aromatic amines is 1. The molecule has 2 aromatic carbocycles. The zero-order valence-corrected chi connectivity index (χ0v) is 14.8. The van der Waals surface area contributed by atoms with Gasteiger partial charge in [-0.05, 0) is 30.2 Å². The predicted octanol–water partition coefficient (Wildman–Crippen LogP) is 5.30. The van der Waals surface area contributed by atoms with Crippen LogP contribution in [0.2, 0.25) is 10.0 Å². The number of thioether (sulfide) groups is 1. The maximum Gasteiger partial charge on any atom is 0.208 e. The zero-order chi connectivity index (χ0) is 16.2. The van der Waals surface area contributed by atoms with Crippen molar-refractivity contribution < 1.29 is 0 Å². The first-order valence-electron chi connectivity index (χ1n) is 7.14. The molecule has 1 aromatic heterocycles. The second kappa shape index (κ2) is 7.39. The van der Waals surface area contributed by atoms with Crippen LogP contribution in [0.4, 0.5) is 0 Å². The fraction of sp³-hybridized carbons (Fsp3) is 0.176. The lowest BCUT2D eigenvalue weighted by Gasteiger charge is -2.02. The van der Waals surface area contributed by atoms with Gasteiger partial charge in [-0.3, -0.25) is 5.10 Å². The lowest BCUT2D eigenvalue weighted by atomic mass is 10.1. The van der Waals surface area contributed by atoms with Gasteiger partial charge in [0, 0.05) is 22.2 Å². The number of benzene rings is 2. The molecule has 0 saturated carbocycles. The summed E-state index contributed by atoms with van der Waals surface area (Å²) in [6.45, 7) is 2.08. The SMILES string of the molecule is Cc1ccc(Cc2nc(SCc3ccc(Cl)cc3Cl)n[nH]2)cc1. The molecule has 0 amide bonds. The van der Waals surface area contributed by atoms with Crippen molar-refractivity contribution in [1.29, 1.82) is 0 Å². The van der Waals surface area contributed by atoms with E-state index in [1.165, 1.54) is 11.1 Å². The van der Waals surface area contributed by atoms with E-state index in [0.717, 1.165) is 23.0 Å². The second-order valence-corrected chi connectivity index (χ2v) is 7.04. The summed E-state index contributed by atoms with van der Waals surface area (Å²) >= 11 is 13.6. The first-order valence-corrected chi connectivity index (χ1v) is 8.88. The molecule has 23 heavy (non-hydrogen) atoms. The maximum absolute atomic E-state index is 6.17. The molecule has 0 radical (unpaired) electrons. The highest BCUT2D eigenvalue weighted by atomic mass is 35.5. The molecule has 0 bridgehead atoms. The molecule has 0 saturated heterocycles. The summed E-state index contributed by atoms with van der Waals surface area (Å²) < 4.78 is 0. The summed E-state index contributed by atoms with van der Waals surface area (Å²) in [5.74, 6) is 1.57. The summed E-state index contributed by atoms with van der Waals surface area (Å²) in [7, 11) is 0. The minimum absolute atomic E-state index is 0.641. The fourth-order valence-corrected chi connectivity index (χ4v) is 3.48. The van der Waals surface area contributed by atoms with Crippen molar-refractivity contribution >= 4 is 35.0 Å². The lowest BCUT2D eigenvalue weighted by molar-refractivity contribution is 0.956. The van der Waals surface area contributed by atoms with E-state index in [1.54, 1.807) is 17.8 Å². The first-order chi connectivity index (χ1) is 11.1. The number of H-pyrrole nitrogens is 1. The summed E-state index contributed by atoms with van der Waals surface area (Å²) in [5, 5.41) is 9.27. The maximum atomic E-state index is 6.17. The number of hydrogen-bond donors (Lipinski definition) is 1. The highest BCUT2D eigenvalue weighted by Gasteiger charge is 2.07. The molecular weight excluding hydrogens is 349 g/mol. The van der Waals surface area contributed by atoms with E-state index in [-0.39, 0.29) is 0 Å². The number of rotatable bonds is 5. The molecule has 1 heterocycles. The van der Waals surface area contributed by atoms with Gasteiger partial charge in [0.15, 0.2) is 0 Å². The number of nitrogens with one attached hydrogen (secondary N) is 1. The highest BCUT2D eigenvalue weighted by Crippen LogP contribution is 2.27. The van der Waals surface area contributed by atoms with Crippen molar-refractivity contribution in [3.8, 4) is 0 Å². The van der Waals surface area contributed by atoms with Gasteiger partial charge in [-0.25, -0.2) is 4.98 Å². The topological polar surface area (TPSA) is 41.6 Å². The standard InChI is InChI=1S/C17H15Cl2N3S/c1-11-2-4-12(5-3-11)8-16-20-17(22-21-16)23-10-13-6-7-14(18)9-15(13)19/h2-7,9H,8,10H2,1H3,(H,20,21,22). The monoisotopic (exact) mass is 363 g/mol. The van der Waals surface area contributed by atoms with E-state index >= 15 is 0 Å². The zero-order valence-electron chi connectivity index (χ0n) is 12.5. The molecule has 0 unspecified atom stereocenters. The van der Waals surface area contributed by atoms with Crippen molar-refractivity contribution in [2.24, 2.45) is 0 Å². The van der Waals surface area contributed by atoms with E-state index < -0.39 is 0 Å². The third kappa shape index (κ3) is 4.50. The quantitative estimate of drug-likeness (QED) is 0.625. The summed E-state index contributed by atoms with van der Waals surface area (Å²) in [6, 6.07) is 13.9. The number of aryl methyl sites for hydroxylation is 1. The Morgan fingerprint density at radius 2 is 1.87 bits per heavy atom. The van der Waals surface area contributed by atoms with E-state index in [9.17, 15) is 0 Å². The Morgan fingerprint density at radius 3 is 2.61 bits per heavy atom. The largest absolute Gasteiger partial charge is 0.262 e. The van der Waals surface area contributed by atoms with Crippen molar-refractivity contribution in [3.63, 3.8) is 0 Å². The van der Waals surface area contributed by atoms with Crippen LogP contribution in [0, 0.1) is 6.92 Å². The third-order valence-electron chi connectivity index (χ3n) is 3.38. The van der Waals surface area contributed by atoms with Crippen molar-refractivity contribution in [2.75, 3.05) is 0 Å². The van der Waals surface area contributed by atoms with Crippen LogP contribution in [0.25, 0.3) is 0 Å². The molecule has 3 aromatic rings. The highest BCUT2D eigenvalue weighted by molar-refractivity contribution is 7.98. The molecule has 0 aliphatic heterocycles. The number of hydrogen-bond acceptors (Lipinski definition) is 3. The average Bonchev–Trinajstić information content (AvgIpc) is 2.96. The van der Waals surface area contributed by atoms with E-state index in [2.05, 4.69) is 46.4 Å². The van der Waals surface area contributed by atoms with Gasteiger partial charge in [0.05, 0.1) is 0 Å². The molecule has 3 rings (SSSR count). The minimum Gasteiger partial charge on any atom is -0.262 e. The number of halogens is 2. The van der Waals surface area contributed by atoms with Crippen LogP contribution >= 0.6 is 35.0 Å². The van der Waals surface area contributed by atoms with E-state index in [4.69, 9.17) is 23.2 Å². The molecule has 6 heteroatoms. The normalized spacial score (nSPS) is 10.9. The van der Waals surface area contributed by atoms with Crippen LogP contribution in [0.3, 0.4) is 0 Å². The molecule has 0 aliphatic rings. The van der Waals surface area contributed by atoms with Crippen LogP contribution in [0.1, 0.15) is 22.5 Å².